The van der Waals surface area contributed by atoms with Crippen molar-refractivity contribution in [1.82, 2.24) is 19.5 Å². The van der Waals surface area contributed by atoms with Crippen LogP contribution in [0.25, 0.3) is 43.6 Å². The summed E-state index contributed by atoms with van der Waals surface area (Å²) >= 11 is 0. The molecule has 0 unspecified atom stereocenters. The van der Waals surface area contributed by atoms with Gasteiger partial charge in [-0.15, -0.1) is 0 Å². The maximum absolute atomic E-state index is 9.37. The predicted octanol–water partition coefficient (Wildman–Crippen LogP) is 6.47. The summed E-state index contributed by atoms with van der Waals surface area (Å²) in [5.74, 6) is 2.03. The lowest BCUT2D eigenvalue weighted by atomic mass is 10.1. The van der Waals surface area contributed by atoms with E-state index < -0.39 is 0 Å². The molecule has 11 heteroatoms. The summed E-state index contributed by atoms with van der Waals surface area (Å²) in [5.41, 5.74) is 14.7. The van der Waals surface area contributed by atoms with Gasteiger partial charge >= 0.3 is 0 Å². The van der Waals surface area contributed by atoms with Crippen LogP contribution in [0.5, 0.6) is 11.5 Å². The number of anilines is 1. The molecule has 5 aromatic rings. The zero-order chi connectivity index (χ0) is 27.5. The van der Waals surface area contributed by atoms with Crippen LogP contribution in [0, 0.1) is 11.3 Å². The molecule has 2 aromatic carbocycles. The average Bonchev–Trinajstić information content (AvgIpc) is 3.53. The van der Waals surface area contributed by atoms with E-state index in [-0.39, 0.29) is 12.6 Å². The summed E-state index contributed by atoms with van der Waals surface area (Å²) < 4.78 is 13.0. The number of aromatic amines is 1. The van der Waals surface area contributed by atoms with Crippen molar-refractivity contribution >= 4 is 27.8 Å². The Labute approximate surface area is 224 Å². The number of H-pyrrole nitrogens is 1. The van der Waals surface area contributed by atoms with Gasteiger partial charge in [-0.05, 0) is 49.7 Å². The monoisotopic (exact) mass is 521 g/mol. The smallest absolute Gasteiger partial charge is 0.146 e. The Balaban J connectivity index is 1.71. The number of nitrogens with zero attached hydrogens (tertiary/aromatic N) is 7. The standard InChI is InChI=1S/C28H27N9O2/c1-16(2)37-23(14-34-36-30)25(22-10-18-6-5-17(12-29)9-21(18)35-22)26-27(32-15-33-28(26)37)31-13-19-7-8-20(38-3)11-24(19)39-4/h5-11,15-16,35H,13-14H2,1-4H3,(H,31,32,33). The fraction of sp³-hybridized carbons (Fsp3) is 0.250. The van der Waals surface area contributed by atoms with Crippen LogP contribution in [0.15, 0.2) is 53.9 Å². The van der Waals surface area contributed by atoms with Gasteiger partial charge in [0, 0.05) is 57.0 Å². The third-order valence-electron chi connectivity index (χ3n) is 6.65. The molecule has 0 aliphatic rings. The summed E-state index contributed by atoms with van der Waals surface area (Å²) in [5, 5.41) is 18.5. The number of hydrogen-bond donors (Lipinski definition) is 2. The molecule has 0 amide bonds. The highest BCUT2D eigenvalue weighted by molar-refractivity contribution is 6.04. The molecule has 0 saturated carbocycles. The van der Waals surface area contributed by atoms with E-state index >= 15 is 0 Å². The van der Waals surface area contributed by atoms with Crippen LogP contribution >= 0.6 is 0 Å². The average molecular weight is 522 g/mol. The highest BCUT2D eigenvalue weighted by atomic mass is 16.5. The highest BCUT2D eigenvalue weighted by Crippen LogP contribution is 2.40. The van der Waals surface area contributed by atoms with Gasteiger partial charge in [0.05, 0.1) is 37.8 Å². The lowest BCUT2D eigenvalue weighted by Gasteiger charge is -2.13. The number of rotatable bonds is 9. The van der Waals surface area contributed by atoms with Gasteiger partial charge in [0.15, 0.2) is 0 Å². The number of hydrogen-bond acceptors (Lipinski definition) is 7. The molecule has 0 fully saturated rings. The molecule has 0 radical (unpaired) electrons. The SMILES string of the molecule is COc1ccc(CNc2ncnc3c2c(-c2cc4ccc(C#N)cc4[nH]2)c(CN=[N+]=[N-])n3C(C)C)c(OC)c1. The van der Waals surface area contributed by atoms with Crippen molar-refractivity contribution in [3.8, 4) is 28.8 Å². The third-order valence-corrected chi connectivity index (χ3v) is 6.65. The molecule has 0 atom stereocenters. The van der Waals surface area contributed by atoms with Gasteiger partial charge in [0.2, 0.25) is 0 Å². The number of methoxy groups -OCH3 is 2. The minimum Gasteiger partial charge on any atom is -0.497 e. The molecule has 196 valence electrons. The second-order valence-electron chi connectivity index (χ2n) is 9.22. The fourth-order valence-corrected chi connectivity index (χ4v) is 4.92. The molecule has 0 saturated heterocycles. The molecule has 0 aliphatic heterocycles. The summed E-state index contributed by atoms with van der Waals surface area (Å²) in [6.45, 7) is 4.69. The second kappa shape index (κ2) is 10.7. The van der Waals surface area contributed by atoms with Crippen molar-refractivity contribution in [1.29, 1.82) is 5.26 Å². The maximum Gasteiger partial charge on any atom is 0.146 e. The van der Waals surface area contributed by atoms with Crippen molar-refractivity contribution < 1.29 is 9.47 Å². The Morgan fingerprint density at radius 1 is 1.15 bits per heavy atom. The van der Waals surface area contributed by atoms with Gasteiger partial charge in [-0.2, -0.15) is 5.26 Å². The summed E-state index contributed by atoms with van der Waals surface area (Å²) in [4.78, 5) is 15.7. The van der Waals surface area contributed by atoms with E-state index in [4.69, 9.17) is 15.0 Å². The predicted molar refractivity (Wildman–Crippen MR) is 150 cm³/mol. The van der Waals surface area contributed by atoms with Crippen LogP contribution in [0.4, 0.5) is 5.82 Å². The minimum atomic E-state index is 0.0316. The first-order chi connectivity index (χ1) is 19.0. The molecular formula is C28H27N9O2. The number of nitrogens with one attached hydrogen (secondary N) is 2. The van der Waals surface area contributed by atoms with Gasteiger partial charge in [0.1, 0.15) is 29.3 Å². The first-order valence-corrected chi connectivity index (χ1v) is 12.4. The molecular weight excluding hydrogens is 494 g/mol. The number of aromatic nitrogens is 4. The van der Waals surface area contributed by atoms with Crippen molar-refractivity contribution in [2.45, 2.75) is 33.0 Å². The second-order valence-corrected chi connectivity index (χ2v) is 9.22. The first-order valence-electron chi connectivity index (χ1n) is 12.4. The van der Waals surface area contributed by atoms with E-state index in [0.717, 1.165) is 44.5 Å². The van der Waals surface area contributed by atoms with Gasteiger partial charge in [-0.25, -0.2) is 9.97 Å². The molecule has 11 nitrogen and oxygen atoms in total. The van der Waals surface area contributed by atoms with Crippen LogP contribution in [-0.4, -0.2) is 33.7 Å². The van der Waals surface area contributed by atoms with Crippen molar-refractivity contribution in [2.24, 2.45) is 5.11 Å². The van der Waals surface area contributed by atoms with E-state index in [0.29, 0.717) is 29.4 Å². The van der Waals surface area contributed by atoms with Crippen LogP contribution in [0.3, 0.4) is 0 Å². The van der Waals surface area contributed by atoms with Gasteiger partial charge in [0.25, 0.3) is 0 Å². The van der Waals surface area contributed by atoms with E-state index in [1.807, 2.05) is 36.4 Å². The van der Waals surface area contributed by atoms with Crippen molar-refractivity contribution in [3.05, 3.63) is 76.1 Å². The van der Waals surface area contributed by atoms with Crippen LogP contribution in [0.1, 0.15) is 36.7 Å². The maximum atomic E-state index is 9.37. The molecule has 0 aliphatic carbocycles. The number of fused-ring (bicyclic) bond motifs is 2. The Bertz CT molecular complexity index is 1770. The molecule has 0 bridgehead atoms. The molecule has 3 aromatic heterocycles. The van der Waals surface area contributed by atoms with Crippen LogP contribution in [0.2, 0.25) is 0 Å². The number of benzene rings is 2. The lowest BCUT2D eigenvalue weighted by molar-refractivity contribution is 0.391. The fourth-order valence-electron chi connectivity index (χ4n) is 4.92. The highest BCUT2D eigenvalue weighted by Gasteiger charge is 2.25. The van der Waals surface area contributed by atoms with E-state index in [1.165, 1.54) is 6.33 Å². The van der Waals surface area contributed by atoms with Gasteiger partial charge in [-0.1, -0.05) is 11.2 Å². The molecule has 5 rings (SSSR count). The van der Waals surface area contributed by atoms with E-state index in [1.54, 1.807) is 20.3 Å². The zero-order valence-electron chi connectivity index (χ0n) is 22.1. The van der Waals surface area contributed by atoms with E-state index in [9.17, 15) is 5.26 Å². The van der Waals surface area contributed by atoms with Crippen LogP contribution < -0.4 is 14.8 Å². The number of ether oxygens (including phenoxy) is 2. The Morgan fingerprint density at radius 3 is 2.72 bits per heavy atom. The Hall–Kier alpha value is -5.20. The van der Waals surface area contributed by atoms with Crippen LogP contribution in [-0.2, 0) is 13.1 Å². The largest absolute Gasteiger partial charge is 0.497 e. The summed E-state index contributed by atoms with van der Waals surface area (Å²) in [7, 11) is 3.24. The van der Waals surface area contributed by atoms with Crippen molar-refractivity contribution in [3.63, 3.8) is 0 Å². The zero-order valence-corrected chi connectivity index (χ0v) is 22.1. The molecule has 0 spiro atoms. The molecule has 39 heavy (non-hydrogen) atoms. The molecule has 3 heterocycles. The number of nitriles is 1. The van der Waals surface area contributed by atoms with Gasteiger partial charge in [-0.3, -0.25) is 0 Å². The first kappa shape index (κ1) is 25.4. The van der Waals surface area contributed by atoms with E-state index in [2.05, 4.69) is 54.8 Å². The molecule has 2 N–H and O–H groups in total. The normalized spacial score (nSPS) is 11.0. The number of azide groups is 1. The lowest BCUT2D eigenvalue weighted by Crippen LogP contribution is -2.07. The summed E-state index contributed by atoms with van der Waals surface area (Å²) in [6.07, 6.45) is 1.53. The Morgan fingerprint density at radius 2 is 2.00 bits per heavy atom. The third kappa shape index (κ3) is 4.65. The quantitative estimate of drug-likeness (QED) is 0.129. The minimum absolute atomic E-state index is 0.0316. The van der Waals surface area contributed by atoms with Crippen molar-refractivity contribution in [2.75, 3.05) is 19.5 Å². The van der Waals surface area contributed by atoms with Gasteiger partial charge < -0.3 is 24.3 Å². The Kier molecular flexibility index (Phi) is 6.95. The topological polar surface area (TPSA) is 150 Å². The summed E-state index contributed by atoms with van der Waals surface area (Å²) in [6, 6.07) is 15.4.